The Morgan fingerprint density at radius 3 is 1.04 bits per heavy atom. The van der Waals surface area contributed by atoms with E-state index in [4.69, 9.17) is 14.2 Å². The highest BCUT2D eigenvalue weighted by molar-refractivity contribution is 5.71. The topological polar surface area (TPSA) is 78.9 Å². The Morgan fingerprint density at radius 2 is 0.691 bits per heavy atom. The number of hydrogen-bond acceptors (Lipinski definition) is 6. The molecule has 0 spiro atoms. The summed E-state index contributed by atoms with van der Waals surface area (Å²) >= 11 is 0. The zero-order valence-electron chi connectivity index (χ0n) is 37.6. The summed E-state index contributed by atoms with van der Waals surface area (Å²) in [6.45, 7) is 11.3. The summed E-state index contributed by atoms with van der Waals surface area (Å²) in [6, 6.07) is 0. The molecule has 0 bridgehead atoms. The molecule has 0 aliphatic carbocycles. The van der Waals surface area contributed by atoms with E-state index in [2.05, 4.69) is 34.6 Å². The van der Waals surface area contributed by atoms with E-state index in [1.165, 1.54) is 154 Å². The number of carbonyl (C=O) groups is 3. The van der Waals surface area contributed by atoms with Crippen molar-refractivity contribution in [3.63, 3.8) is 0 Å². The van der Waals surface area contributed by atoms with E-state index >= 15 is 0 Å². The monoisotopic (exact) mass is 779 g/mol. The standard InChI is InChI=1S/C49H94O6/c1-6-8-9-10-11-12-13-14-15-16-20-23-29-34-39-47(50)53-42-46(43-54-48(51)40-35-30-26-25-28-33-38-45(5)7-2)55-49(52)41-36-31-24-21-18-17-19-22-27-32-37-44(3)4/h44-46H,6-43H2,1-5H3/t45?,46-/m1/s1. The third-order valence-corrected chi connectivity index (χ3v) is 11.3. The van der Waals surface area contributed by atoms with Crippen LogP contribution in [0.3, 0.4) is 0 Å². The molecule has 2 atom stereocenters. The van der Waals surface area contributed by atoms with Crippen molar-refractivity contribution in [1.82, 2.24) is 0 Å². The number of hydrogen-bond donors (Lipinski definition) is 0. The van der Waals surface area contributed by atoms with Crippen LogP contribution in [0.4, 0.5) is 0 Å². The Bertz CT molecular complexity index is 841. The summed E-state index contributed by atoms with van der Waals surface area (Å²) in [5, 5.41) is 0. The first-order chi connectivity index (χ1) is 26.8. The van der Waals surface area contributed by atoms with Gasteiger partial charge in [0.1, 0.15) is 13.2 Å². The highest BCUT2D eigenvalue weighted by atomic mass is 16.6. The molecule has 0 saturated carbocycles. The maximum absolute atomic E-state index is 12.7. The van der Waals surface area contributed by atoms with Crippen LogP contribution in [0, 0.1) is 11.8 Å². The SMILES string of the molecule is CCCCCCCCCCCCCCCCC(=O)OC[C@H](COC(=O)CCCCCCCCC(C)CC)OC(=O)CCCCCCCCCCCCC(C)C. The Labute approximate surface area is 342 Å². The number of unbranched alkanes of at least 4 members (excludes halogenated alkanes) is 27. The van der Waals surface area contributed by atoms with Gasteiger partial charge in [0.15, 0.2) is 6.10 Å². The lowest BCUT2D eigenvalue weighted by atomic mass is 10.00. The highest BCUT2D eigenvalue weighted by Gasteiger charge is 2.19. The summed E-state index contributed by atoms with van der Waals surface area (Å²) in [5.41, 5.74) is 0. The summed E-state index contributed by atoms with van der Waals surface area (Å²) < 4.78 is 16.8. The molecule has 0 aromatic rings. The second-order valence-corrected chi connectivity index (χ2v) is 17.5. The Balaban J connectivity index is 4.33. The number of ether oxygens (including phenoxy) is 3. The molecule has 0 amide bonds. The van der Waals surface area contributed by atoms with E-state index in [1.54, 1.807) is 0 Å². The summed E-state index contributed by atoms with van der Waals surface area (Å²) in [4.78, 5) is 37.8. The van der Waals surface area contributed by atoms with E-state index in [9.17, 15) is 14.4 Å². The lowest BCUT2D eigenvalue weighted by Crippen LogP contribution is -2.30. The van der Waals surface area contributed by atoms with Crippen molar-refractivity contribution >= 4 is 17.9 Å². The predicted octanol–water partition coefficient (Wildman–Crippen LogP) is 15.4. The molecule has 0 saturated heterocycles. The molecule has 0 radical (unpaired) electrons. The van der Waals surface area contributed by atoms with Crippen molar-refractivity contribution in [2.45, 2.75) is 272 Å². The molecule has 326 valence electrons. The van der Waals surface area contributed by atoms with Gasteiger partial charge >= 0.3 is 17.9 Å². The summed E-state index contributed by atoms with van der Waals surface area (Å²) in [5.74, 6) is 0.774. The average molecular weight is 779 g/mol. The van der Waals surface area contributed by atoms with E-state index in [0.717, 1.165) is 69.6 Å². The van der Waals surface area contributed by atoms with Crippen molar-refractivity contribution < 1.29 is 28.6 Å². The first-order valence-electron chi connectivity index (χ1n) is 24.3. The maximum atomic E-state index is 12.7. The minimum absolute atomic E-state index is 0.0649. The van der Waals surface area contributed by atoms with Gasteiger partial charge in [0, 0.05) is 19.3 Å². The number of esters is 3. The lowest BCUT2D eigenvalue weighted by molar-refractivity contribution is -0.167. The van der Waals surface area contributed by atoms with Gasteiger partial charge in [0.2, 0.25) is 0 Å². The minimum atomic E-state index is -0.761. The van der Waals surface area contributed by atoms with Crippen LogP contribution in [0.15, 0.2) is 0 Å². The van der Waals surface area contributed by atoms with Crippen molar-refractivity contribution in [3.8, 4) is 0 Å². The van der Waals surface area contributed by atoms with Crippen LogP contribution in [0.1, 0.15) is 266 Å². The molecule has 0 fully saturated rings. The van der Waals surface area contributed by atoms with Crippen LogP contribution in [0.2, 0.25) is 0 Å². The Hall–Kier alpha value is -1.59. The second kappa shape index (κ2) is 42.0. The van der Waals surface area contributed by atoms with Gasteiger partial charge in [-0.05, 0) is 31.1 Å². The van der Waals surface area contributed by atoms with Gasteiger partial charge < -0.3 is 14.2 Å². The first kappa shape index (κ1) is 53.4. The van der Waals surface area contributed by atoms with Gasteiger partial charge in [-0.3, -0.25) is 14.4 Å². The predicted molar refractivity (Wildman–Crippen MR) is 233 cm³/mol. The third-order valence-electron chi connectivity index (χ3n) is 11.3. The number of rotatable bonds is 43. The quantitative estimate of drug-likeness (QED) is 0.0348. The molecule has 0 aromatic heterocycles. The van der Waals surface area contributed by atoms with Crippen LogP contribution in [-0.4, -0.2) is 37.2 Å². The van der Waals surface area contributed by atoms with Crippen molar-refractivity contribution in [3.05, 3.63) is 0 Å². The zero-order chi connectivity index (χ0) is 40.5. The first-order valence-corrected chi connectivity index (χ1v) is 24.3. The fourth-order valence-corrected chi connectivity index (χ4v) is 7.25. The molecule has 55 heavy (non-hydrogen) atoms. The normalized spacial score (nSPS) is 12.5. The average Bonchev–Trinajstić information content (AvgIpc) is 3.17. The van der Waals surface area contributed by atoms with Gasteiger partial charge in [-0.1, -0.05) is 227 Å². The van der Waals surface area contributed by atoms with Crippen molar-refractivity contribution in [1.29, 1.82) is 0 Å². The third kappa shape index (κ3) is 41.9. The maximum Gasteiger partial charge on any atom is 0.306 e. The van der Waals surface area contributed by atoms with Crippen LogP contribution < -0.4 is 0 Å². The second-order valence-electron chi connectivity index (χ2n) is 17.5. The molecule has 6 nitrogen and oxygen atoms in total. The van der Waals surface area contributed by atoms with Crippen LogP contribution >= 0.6 is 0 Å². The molecule has 0 aliphatic heterocycles. The summed E-state index contributed by atoms with van der Waals surface area (Å²) in [7, 11) is 0. The van der Waals surface area contributed by atoms with Gasteiger partial charge in [-0.2, -0.15) is 0 Å². The smallest absolute Gasteiger partial charge is 0.306 e. The van der Waals surface area contributed by atoms with E-state index in [1.807, 2.05) is 0 Å². The van der Waals surface area contributed by atoms with Crippen molar-refractivity contribution in [2.75, 3.05) is 13.2 Å². The Morgan fingerprint density at radius 1 is 0.382 bits per heavy atom. The molecule has 0 aromatic carbocycles. The van der Waals surface area contributed by atoms with Crippen LogP contribution in [-0.2, 0) is 28.6 Å². The molecule has 0 aliphatic rings. The molecule has 0 N–H and O–H groups in total. The van der Waals surface area contributed by atoms with E-state index < -0.39 is 6.10 Å². The highest BCUT2D eigenvalue weighted by Crippen LogP contribution is 2.17. The van der Waals surface area contributed by atoms with Gasteiger partial charge in [0.25, 0.3) is 0 Å². The van der Waals surface area contributed by atoms with Gasteiger partial charge in [-0.25, -0.2) is 0 Å². The van der Waals surface area contributed by atoms with Gasteiger partial charge in [-0.15, -0.1) is 0 Å². The van der Waals surface area contributed by atoms with Crippen LogP contribution in [0.5, 0.6) is 0 Å². The summed E-state index contributed by atoms with van der Waals surface area (Å²) in [6.07, 6.45) is 40.9. The molecule has 0 rings (SSSR count). The molecule has 6 heteroatoms. The fraction of sp³-hybridized carbons (Fsp3) is 0.939. The van der Waals surface area contributed by atoms with E-state index in [-0.39, 0.29) is 31.1 Å². The Kier molecular flexibility index (Phi) is 40.8. The molecular weight excluding hydrogens is 685 g/mol. The zero-order valence-corrected chi connectivity index (χ0v) is 37.6. The minimum Gasteiger partial charge on any atom is -0.462 e. The van der Waals surface area contributed by atoms with Crippen molar-refractivity contribution in [2.24, 2.45) is 11.8 Å². The molecular formula is C49H94O6. The van der Waals surface area contributed by atoms with E-state index in [0.29, 0.717) is 19.3 Å². The molecule has 1 unspecified atom stereocenters. The number of carbonyl (C=O) groups excluding carboxylic acids is 3. The lowest BCUT2D eigenvalue weighted by Gasteiger charge is -2.18. The van der Waals surface area contributed by atoms with Crippen LogP contribution in [0.25, 0.3) is 0 Å². The molecule has 0 heterocycles. The fourth-order valence-electron chi connectivity index (χ4n) is 7.25. The van der Waals surface area contributed by atoms with Gasteiger partial charge in [0.05, 0.1) is 0 Å². The largest absolute Gasteiger partial charge is 0.462 e.